The van der Waals surface area contributed by atoms with Gasteiger partial charge < -0.3 is 10.5 Å². The van der Waals surface area contributed by atoms with Crippen LogP contribution in [0.5, 0.6) is 0 Å². The van der Waals surface area contributed by atoms with Crippen molar-refractivity contribution in [2.75, 3.05) is 7.11 Å². The van der Waals surface area contributed by atoms with Gasteiger partial charge in [0.25, 0.3) is 0 Å². The van der Waals surface area contributed by atoms with Crippen LogP contribution in [0.15, 0.2) is 36.2 Å². The summed E-state index contributed by atoms with van der Waals surface area (Å²) in [6, 6.07) is 4.32. The molecule has 0 aliphatic heterocycles. The third-order valence-corrected chi connectivity index (χ3v) is 2.12. The van der Waals surface area contributed by atoms with E-state index in [1.165, 1.54) is 19.2 Å². The van der Waals surface area contributed by atoms with Crippen molar-refractivity contribution in [1.82, 2.24) is 0 Å². The van der Waals surface area contributed by atoms with Crippen LogP contribution >= 0.6 is 11.6 Å². The lowest BCUT2D eigenvalue weighted by molar-refractivity contribution is 0.302. The van der Waals surface area contributed by atoms with Gasteiger partial charge >= 0.3 is 0 Å². The maximum Gasteiger partial charge on any atom is 0.141 e. The van der Waals surface area contributed by atoms with Crippen LogP contribution < -0.4 is 5.73 Å². The van der Waals surface area contributed by atoms with E-state index >= 15 is 0 Å². The SMILES string of the molecule is C=C(OC)/C(N)=C/c1ccc(F)c(Cl)c1. The third kappa shape index (κ3) is 2.99. The monoisotopic (exact) mass is 227 g/mol. The molecule has 0 aromatic heterocycles. The van der Waals surface area contributed by atoms with E-state index in [2.05, 4.69) is 6.58 Å². The minimum atomic E-state index is -0.460. The minimum absolute atomic E-state index is 0.0552. The molecule has 0 aliphatic carbocycles. The van der Waals surface area contributed by atoms with Crippen LogP contribution in [0, 0.1) is 5.82 Å². The van der Waals surface area contributed by atoms with Crippen molar-refractivity contribution in [3.8, 4) is 0 Å². The van der Waals surface area contributed by atoms with E-state index in [4.69, 9.17) is 22.1 Å². The first kappa shape index (κ1) is 11.6. The molecular weight excluding hydrogens is 217 g/mol. The van der Waals surface area contributed by atoms with E-state index in [1.54, 1.807) is 12.1 Å². The van der Waals surface area contributed by atoms with Crippen molar-refractivity contribution >= 4 is 17.7 Å². The molecule has 0 atom stereocenters. The van der Waals surface area contributed by atoms with Crippen LogP contribution in [0.1, 0.15) is 5.56 Å². The van der Waals surface area contributed by atoms with E-state index in [9.17, 15) is 4.39 Å². The van der Waals surface area contributed by atoms with Crippen LogP contribution in [0.4, 0.5) is 4.39 Å². The van der Waals surface area contributed by atoms with Crippen LogP contribution in [-0.2, 0) is 4.74 Å². The number of ether oxygens (including phenoxy) is 1. The largest absolute Gasteiger partial charge is 0.495 e. The van der Waals surface area contributed by atoms with E-state index in [0.717, 1.165) is 0 Å². The zero-order valence-corrected chi connectivity index (χ0v) is 9.01. The Morgan fingerprint density at radius 3 is 2.80 bits per heavy atom. The molecule has 0 spiro atoms. The second-order valence-electron chi connectivity index (χ2n) is 2.90. The van der Waals surface area contributed by atoms with Crippen LogP contribution in [-0.4, -0.2) is 7.11 Å². The van der Waals surface area contributed by atoms with Crippen LogP contribution in [0.25, 0.3) is 6.08 Å². The first-order chi connectivity index (χ1) is 7.04. The molecule has 2 nitrogen and oxygen atoms in total. The number of nitrogens with two attached hydrogens (primary N) is 1. The van der Waals surface area contributed by atoms with Gasteiger partial charge in [-0.15, -0.1) is 0 Å². The lowest BCUT2D eigenvalue weighted by atomic mass is 10.2. The summed E-state index contributed by atoms with van der Waals surface area (Å²) in [6.07, 6.45) is 1.61. The molecule has 1 aromatic rings. The number of hydrogen-bond acceptors (Lipinski definition) is 2. The highest BCUT2D eigenvalue weighted by Gasteiger charge is 2.01. The van der Waals surface area contributed by atoms with Crippen molar-refractivity contribution in [1.29, 1.82) is 0 Å². The molecule has 0 amide bonds. The van der Waals surface area contributed by atoms with Gasteiger partial charge in [-0.2, -0.15) is 0 Å². The summed E-state index contributed by atoms with van der Waals surface area (Å²) in [5, 5.41) is 0.0552. The average molecular weight is 228 g/mol. The Bertz CT molecular complexity index is 415. The Kier molecular flexibility index (Phi) is 3.74. The molecule has 4 heteroatoms. The van der Waals surface area contributed by atoms with E-state index in [0.29, 0.717) is 17.0 Å². The van der Waals surface area contributed by atoms with E-state index < -0.39 is 5.82 Å². The predicted molar refractivity (Wildman–Crippen MR) is 59.7 cm³/mol. The molecule has 0 saturated heterocycles. The standard InChI is InChI=1S/C11H11ClFNO/c1-7(15-2)11(14)6-8-3-4-10(13)9(12)5-8/h3-6H,1,14H2,2H3/b11-6-. The second kappa shape index (κ2) is 4.84. The van der Waals surface area contributed by atoms with E-state index in [-0.39, 0.29) is 5.02 Å². The number of benzene rings is 1. The highest BCUT2D eigenvalue weighted by atomic mass is 35.5. The zero-order chi connectivity index (χ0) is 11.4. The van der Waals surface area contributed by atoms with E-state index in [1.807, 2.05) is 0 Å². The summed E-state index contributed by atoms with van der Waals surface area (Å²) < 4.78 is 17.7. The third-order valence-electron chi connectivity index (χ3n) is 1.83. The molecule has 0 radical (unpaired) electrons. The fraction of sp³-hybridized carbons (Fsp3) is 0.0909. The Labute approximate surface area is 92.8 Å². The first-order valence-electron chi connectivity index (χ1n) is 4.20. The van der Waals surface area contributed by atoms with Crippen LogP contribution in [0.3, 0.4) is 0 Å². The number of hydrogen-bond donors (Lipinski definition) is 1. The molecule has 0 aliphatic rings. The number of methoxy groups -OCH3 is 1. The summed E-state index contributed by atoms with van der Waals surface area (Å²) in [5.74, 6) is -0.103. The van der Waals surface area contributed by atoms with Gasteiger partial charge in [-0.1, -0.05) is 24.2 Å². The molecule has 0 saturated carbocycles. The molecule has 2 N–H and O–H groups in total. The van der Waals surface area contributed by atoms with Gasteiger partial charge in [0.05, 0.1) is 17.8 Å². The molecule has 0 unspecified atom stereocenters. The topological polar surface area (TPSA) is 35.2 Å². The van der Waals surface area contributed by atoms with Gasteiger partial charge in [-0.25, -0.2) is 4.39 Å². The molecular formula is C11H11ClFNO. The highest BCUT2D eigenvalue weighted by molar-refractivity contribution is 6.30. The van der Waals surface area contributed by atoms with Crippen molar-refractivity contribution in [2.45, 2.75) is 0 Å². The lowest BCUT2D eigenvalue weighted by Gasteiger charge is -2.04. The fourth-order valence-corrected chi connectivity index (χ4v) is 1.17. The molecule has 80 valence electrons. The lowest BCUT2D eigenvalue weighted by Crippen LogP contribution is -2.01. The number of rotatable bonds is 3. The highest BCUT2D eigenvalue weighted by Crippen LogP contribution is 2.18. The van der Waals surface area contributed by atoms with Gasteiger partial charge in [0.1, 0.15) is 11.6 Å². The normalized spacial score (nSPS) is 11.3. The molecule has 0 heterocycles. The summed E-state index contributed by atoms with van der Waals surface area (Å²) in [6.45, 7) is 3.59. The van der Waals surface area contributed by atoms with Crippen LogP contribution in [0.2, 0.25) is 5.02 Å². The molecule has 15 heavy (non-hydrogen) atoms. The molecule has 0 fully saturated rings. The van der Waals surface area contributed by atoms with Crippen molar-refractivity contribution in [3.63, 3.8) is 0 Å². The Morgan fingerprint density at radius 1 is 1.60 bits per heavy atom. The molecule has 1 aromatic carbocycles. The van der Waals surface area contributed by atoms with Gasteiger partial charge in [-0.05, 0) is 23.8 Å². The Morgan fingerprint density at radius 2 is 2.27 bits per heavy atom. The summed E-state index contributed by atoms with van der Waals surface area (Å²) >= 11 is 5.61. The fourth-order valence-electron chi connectivity index (χ4n) is 0.980. The summed E-state index contributed by atoms with van der Waals surface area (Å²) in [7, 11) is 1.47. The van der Waals surface area contributed by atoms with Gasteiger partial charge in [0.15, 0.2) is 0 Å². The molecule has 1 rings (SSSR count). The maximum absolute atomic E-state index is 12.8. The minimum Gasteiger partial charge on any atom is -0.495 e. The maximum atomic E-state index is 12.8. The quantitative estimate of drug-likeness (QED) is 0.637. The number of halogens is 2. The van der Waals surface area contributed by atoms with Gasteiger partial charge in [0, 0.05) is 0 Å². The Hall–Kier alpha value is -1.48. The van der Waals surface area contributed by atoms with Crippen molar-refractivity contribution in [3.05, 3.63) is 52.6 Å². The zero-order valence-electron chi connectivity index (χ0n) is 8.26. The summed E-state index contributed by atoms with van der Waals surface area (Å²) in [5.41, 5.74) is 6.71. The second-order valence-corrected chi connectivity index (χ2v) is 3.31. The predicted octanol–water partition coefficient (Wildman–Crippen LogP) is 2.94. The van der Waals surface area contributed by atoms with Crippen molar-refractivity contribution in [2.24, 2.45) is 5.73 Å². The molecule has 0 bridgehead atoms. The summed E-state index contributed by atoms with van der Waals surface area (Å²) in [4.78, 5) is 0. The van der Waals surface area contributed by atoms with Gasteiger partial charge in [-0.3, -0.25) is 0 Å². The first-order valence-corrected chi connectivity index (χ1v) is 4.58. The van der Waals surface area contributed by atoms with Gasteiger partial charge in [0.2, 0.25) is 0 Å². The Balaban J connectivity index is 2.98. The van der Waals surface area contributed by atoms with Crippen molar-refractivity contribution < 1.29 is 9.13 Å². The smallest absolute Gasteiger partial charge is 0.141 e. The average Bonchev–Trinajstić information content (AvgIpc) is 2.22.